The monoisotopic (exact) mass is 255 g/mol. The van der Waals surface area contributed by atoms with Crippen molar-refractivity contribution in [3.8, 4) is 0 Å². The summed E-state index contributed by atoms with van der Waals surface area (Å²) in [4.78, 5) is 13.8. The van der Waals surface area contributed by atoms with E-state index in [4.69, 9.17) is 10.6 Å². The lowest BCUT2D eigenvalue weighted by Crippen LogP contribution is -2.42. The first-order valence-electron chi connectivity index (χ1n) is 5.81. The van der Waals surface area contributed by atoms with Crippen LogP contribution in [0.15, 0.2) is 4.79 Å². The number of aromatic nitrogens is 3. The average molecular weight is 255 g/mol. The first-order chi connectivity index (χ1) is 8.31. The van der Waals surface area contributed by atoms with Gasteiger partial charge >= 0.3 is 0 Å². The van der Waals surface area contributed by atoms with Gasteiger partial charge in [-0.25, -0.2) is 0 Å². The summed E-state index contributed by atoms with van der Waals surface area (Å²) in [6.45, 7) is 6.64. The SMILES string of the molecule is CCOCC(C)(C)c1nnc(N(C)C)n(N)c1=O. The van der Waals surface area contributed by atoms with E-state index in [-0.39, 0.29) is 5.56 Å². The number of nitrogens with two attached hydrogens (primary N) is 1. The van der Waals surface area contributed by atoms with Crippen LogP contribution in [-0.4, -0.2) is 42.2 Å². The maximum absolute atomic E-state index is 12.2. The van der Waals surface area contributed by atoms with E-state index >= 15 is 0 Å². The third kappa shape index (κ3) is 2.79. The van der Waals surface area contributed by atoms with E-state index in [1.165, 1.54) is 0 Å². The van der Waals surface area contributed by atoms with Crippen LogP contribution in [0.4, 0.5) is 5.95 Å². The van der Waals surface area contributed by atoms with Crippen molar-refractivity contribution in [1.82, 2.24) is 14.9 Å². The zero-order valence-electron chi connectivity index (χ0n) is 11.6. The molecule has 0 aliphatic heterocycles. The quantitative estimate of drug-likeness (QED) is 0.729. The van der Waals surface area contributed by atoms with Gasteiger partial charge in [0.1, 0.15) is 5.69 Å². The summed E-state index contributed by atoms with van der Waals surface area (Å²) in [5.41, 5.74) is -0.561. The van der Waals surface area contributed by atoms with Crippen molar-refractivity contribution in [3.05, 3.63) is 16.0 Å². The van der Waals surface area contributed by atoms with Crippen molar-refractivity contribution in [2.24, 2.45) is 0 Å². The molecule has 0 radical (unpaired) electrons. The molecule has 0 aliphatic rings. The Morgan fingerprint density at radius 3 is 2.50 bits per heavy atom. The van der Waals surface area contributed by atoms with Gasteiger partial charge in [-0.2, -0.15) is 4.68 Å². The van der Waals surface area contributed by atoms with Gasteiger partial charge in [-0.15, -0.1) is 10.2 Å². The number of anilines is 1. The number of nitrogens with zero attached hydrogens (tertiary/aromatic N) is 4. The topological polar surface area (TPSA) is 86.3 Å². The van der Waals surface area contributed by atoms with Gasteiger partial charge in [0.2, 0.25) is 5.95 Å². The van der Waals surface area contributed by atoms with Crippen LogP contribution >= 0.6 is 0 Å². The van der Waals surface area contributed by atoms with Gasteiger partial charge in [-0.1, -0.05) is 13.8 Å². The van der Waals surface area contributed by atoms with Crippen molar-refractivity contribution in [2.75, 3.05) is 38.1 Å². The number of hydrogen-bond acceptors (Lipinski definition) is 6. The van der Waals surface area contributed by atoms with Gasteiger partial charge in [-0.05, 0) is 6.92 Å². The maximum Gasteiger partial charge on any atom is 0.296 e. The minimum atomic E-state index is -0.522. The van der Waals surface area contributed by atoms with Gasteiger partial charge in [0, 0.05) is 26.1 Å². The van der Waals surface area contributed by atoms with Crippen LogP contribution in [0.2, 0.25) is 0 Å². The van der Waals surface area contributed by atoms with Crippen molar-refractivity contribution in [3.63, 3.8) is 0 Å². The molecule has 102 valence electrons. The Labute approximate surface area is 107 Å². The van der Waals surface area contributed by atoms with Crippen molar-refractivity contribution < 1.29 is 4.74 Å². The van der Waals surface area contributed by atoms with Gasteiger partial charge < -0.3 is 15.5 Å². The molecule has 1 aromatic heterocycles. The maximum atomic E-state index is 12.2. The lowest BCUT2D eigenvalue weighted by Gasteiger charge is -2.23. The highest BCUT2D eigenvalue weighted by Gasteiger charge is 2.28. The van der Waals surface area contributed by atoms with Crippen LogP contribution in [0.1, 0.15) is 26.5 Å². The molecule has 18 heavy (non-hydrogen) atoms. The predicted molar refractivity (Wildman–Crippen MR) is 70.3 cm³/mol. The van der Waals surface area contributed by atoms with Gasteiger partial charge in [0.25, 0.3) is 5.56 Å². The van der Waals surface area contributed by atoms with E-state index in [1.54, 1.807) is 19.0 Å². The van der Waals surface area contributed by atoms with Crippen LogP contribution in [0.25, 0.3) is 0 Å². The molecule has 0 bridgehead atoms. The average Bonchev–Trinajstić information content (AvgIpc) is 2.29. The molecule has 0 saturated carbocycles. The number of nitrogen functional groups attached to an aromatic ring is 1. The van der Waals surface area contributed by atoms with E-state index in [0.29, 0.717) is 24.9 Å². The summed E-state index contributed by atoms with van der Waals surface area (Å²) in [6.07, 6.45) is 0. The lowest BCUT2D eigenvalue weighted by atomic mass is 9.91. The smallest absolute Gasteiger partial charge is 0.296 e. The summed E-state index contributed by atoms with van der Waals surface area (Å²) < 4.78 is 6.37. The second-order valence-electron chi connectivity index (χ2n) is 4.94. The number of ether oxygens (including phenoxy) is 1. The third-order valence-electron chi connectivity index (χ3n) is 2.58. The molecule has 1 aromatic rings. The van der Waals surface area contributed by atoms with Crippen LogP contribution in [0.3, 0.4) is 0 Å². The second kappa shape index (κ2) is 5.34. The summed E-state index contributed by atoms with van der Waals surface area (Å²) in [5.74, 6) is 6.04. The normalized spacial score (nSPS) is 11.6. The predicted octanol–water partition coefficient (Wildman–Crippen LogP) is -0.268. The fourth-order valence-corrected chi connectivity index (χ4v) is 1.55. The van der Waals surface area contributed by atoms with E-state index in [0.717, 1.165) is 4.68 Å². The van der Waals surface area contributed by atoms with Crippen molar-refractivity contribution >= 4 is 5.95 Å². The Bertz CT molecular complexity index is 467. The van der Waals surface area contributed by atoms with Crippen LogP contribution in [0.5, 0.6) is 0 Å². The van der Waals surface area contributed by atoms with E-state index < -0.39 is 5.41 Å². The zero-order chi connectivity index (χ0) is 13.9. The largest absolute Gasteiger partial charge is 0.381 e. The second-order valence-corrected chi connectivity index (χ2v) is 4.94. The van der Waals surface area contributed by atoms with Crippen molar-refractivity contribution in [2.45, 2.75) is 26.2 Å². The molecule has 0 aromatic carbocycles. The molecule has 7 nitrogen and oxygen atoms in total. The van der Waals surface area contributed by atoms with E-state index in [2.05, 4.69) is 10.2 Å². The Balaban J connectivity index is 3.20. The molecule has 0 atom stereocenters. The molecule has 0 amide bonds. The Hall–Kier alpha value is -1.63. The Kier molecular flexibility index (Phi) is 4.28. The first-order valence-corrected chi connectivity index (χ1v) is 5.81. The molecule has 2 N–H and O–H groups in total. The molecule has 1 heterocycles. The molecule has 0 spiro atoms. The van der Waals surface area contributed by atoms with E-state index in [9.17, 15) is 4.79 Å². The summed E-state index contributed by atoms with van der Waals surface area (Å²) >= 11 is 0. The minimum absolute atomic E-state index is 0.309. The first kappa shape index (κ1) is 14.4. The fourth-order valence-electron chi connectivity index (χ4n) is 1.55. The Morgan fingerprint density at radius 2 is 2.00 bits per heavy atom. The summed E-state index contributed by atoms with van der Waals surface area (Å²) in [5, 5.41) is 7.97. The highest BCUT2D eigenvalue weighted by Crippen LogP contribution is 2.18. The third-order valence-corrected chi connectivity index (χ3v) is 2.58. The van der Waals surface area contributed by atoms with Gasteiger partial charge in [0.05, 0.1) is 6.61 Å². The molecule has 0 aliphatic carbocycles. The molecule has 7 heteroatoms. The van der Waals surface area contributed by atoms with Crippen molar-refractivity contribution in [1.29, 1.82) is 0 Å². The minimum Gasteiger partial charge on any atom is -0.381 e. The number of hydrogen-bond donors (Lipinski definition) is 1. The molecular weight excluding hydrogens is 234 g/mol. The van der Waals surface area contributed by atoms with Gasteiger partial charge in [0.15, 0.2) is 0 Å². The summed E-state index contributed by atoms with van der Waals surface area (Å²) in [7, 11) is 3.50. The number of rotatable bonds is 5. The van der Waals surface area contributed by atoms with Crippen LogP contribution in [0, 0.1) is 0 Å². The molecule has 0 unspecified atom stereocenters. The standard InChI is InChI=1S/C11H21N5O2/c1-6-18-7-11(2,3)8-9(17)16(12)10(14-13-8)15(4)5/h6-7,12H2,1-5H3. The molecule has 0 fully saturated rings. The molecule has 0 saturated heterocycles. The van der Waals surface area contributed by atoms with Gasteiger partial charge in [-0.3, -0.25) is 4.79 Å². The van der Waals surface area contributed by atoms with Crippen LogP contribution in [-0.2, 0) is 10.2 Å². The highest BCUT2D eigenvalue weighted by atomic mass is 16.5. The van der Waals surface area contributed by atoms with Crippen LogP contribution < -0.4 is 16.3 Å². The molecular formula is C11H21N5O2. The van der Waals surface area contributed by atoms with E-state index in [1.807, 2.05) is 20.8 Å². The zero-order valence-corrected chi connectivity index (χ0v) is 11.6. The molecule has 1 rings (SSSR count). The fraction of sp³-hybridized carbons (Fsp3) is 0.727. The Morgan fingerprint density at radius 1 is 1.39 bits per heavy atom. The summed E-state index contributed by atoms with van der Waals surface area (Å²) in [6, 6.07) is 0. The highest BCUT2D eigenvalue weighted by molar-refractivity contribution is 5.28. The lowest BCUT2D eigenvalue weighted by molar-refractivity contribution is 0.103.